The van der Waals surface area contributed by atoms with E-state index in [2.05, 4.69) is 0 Å². The predicted molar refractivity (Wildman–Crippen MR) is 35.7 cm³/mol. The number of hydrogen-bond donors (Lipinski definition) is 0. The molecule has 0 spiro atoms. The highest BCUT2D eigenvalue weighted by atomic mass is 32.2. The molecule has 2 rings (SSSR count). The van der Waals surface area contributed by atoms with Gasteiger partial charge in [0.2, 0.25) is 0 Å². The van der Waals surface area contributed by atoms with Crippen LogP contribution in [-0.2, 0) is 19.4 Å². The summed E-state index contributed by atoms with van der Waals surface area (Å²) in [6.45, 7) is 0. The van der Waals surface area contributed by atoms with Gasteiger partial charge in [-0.1, -0.05) is 0 Å². The van der Waals surface area contributed by atoms with Crippen molar-refractivity contribution in [3.63, 3.8) is 0 Å². The average Bonchev–Trinajstić information content (AvgIpc) is 2.21. The summed E-state index contributed by atoms with van der Waals surface area (Å²) < 4.78 is 22.3. The van der Waals surface area contributed by atoms with Crippen molar-refractivity contribution >= 4 is 21.4 Å². The molecule has 2 atom stereocenters. The summed E-state index contributed by atoms with van der Waals surface area (Å²) >= 11 is 0. The molecule has 0 radical (unpaired) electrons. The molecule has 2 heterocycles. The van der Waals surface area contributed by atoms with Gasteiger partial charge >= 0.3 is 0 Å². The fourth-order valence-corrected chi connectivity index (χ4v) is 3.77. The van der Waals surface area contributed by atoms with Gasteiger partial charge in [0.1, 0.15) is 10.5 Å². The Hall–Kier alpha value is -0.710. The molecular formula is C6H6O4S. The maximum atomic E-state index is 11.1. The van der Waals surface area contributed by atoms with Crippen molar-refractivity contribution in [1.82, 2.24) is 0 Å². The van der Waals surface area contributed by atoms with Gasteiger partial charge in [0.15, 0.2) is 21.4 Å². The minimum atomic E-state index is -3.39. The topological polar surface area (TPSA) is 68.3 Å². The van der Waals surface area contributed by atoms with Gasteiger partial charge in [0.05, 0.1) is 0 Å². The quantitative estimate of drug-likeness (QED) is 0.476. The number of fused-ring (bicyclic) bond motifs is 2. The first-order valence-corrected chi connectivity index (χ1v) is 4.92. The van der Waals surface area contributed by atoms with E-state index in [0.29, 0.717) is 0 Å². The number of Topliss-reactive ketones (excluding diaryl/α,β-unsaturated/α-hetero) is 2. The Labute approximate surface area is 63.5 Å². The van der Waals surface area contributed by atoms with E-state index in [9.17, 15) is 18.0 Å². The lowest BCUT2D eigenvalue weighted by molar-refractivity contribution is -0.126. The molecule has 2 fully saturated rings. The maximum absolute atomic E-state index is 11.1. The van der Waals surface area contributed by atoms with Crippen LogP contribution in [0.1, 0.15) is 12.8 Å². The van der Waals surface area contributed by atoms with Crippen molar-refractivity contribution in [2.75, 3.05) is 0 Å². The molecule has 2 saturated heterocycles. The Bertz CT molecular complexity index is 312. The molecule has 5 heteroatoms. The molecule has 2 aliphatic heterocycles. The fraction of sp³-hybridized carbons (Fsp3) is 0.667. The Kier molecular flexibility index (Phi) is 1.09. The van der Waals surface area contributed by atoms with E-state index in [1.807, 2.05) is 0 Å². The first kappa shape index (κ1) is 6.97. The van der Waals surface area contributed by atoms with Crippen molar-refractivity contribution < 1.29 is 18.0 Å². The van der Waals surface area contributed by atoms with Crippen LogP contribution in [0.3, 0.4) is 0 Å². The smallest absolute Gasteiger partial charge is 0.171 e. The zero-order valence-corrected chi connectivity index (χ0v) is 6.43. The summed E-state index contributed by atoms with van der Waals surface area (Å²) in [5, 5.41) is -1.97. The van der Waals surface area contributed by atoms with Crippen LogP contribution in [0, 0.1) is 0 Å². The molecule has 0 N–H and O–H groups in total. The minimum Gasteiger partial charge on any atom is -0.298 e. The number of ketones is 2. The zero-order chi connectivity index (χ0) is 8.22. The highest BCUT2D eigenvalue weighted by Crippen LogP contribution is 2.35. The molecular weight excluding hydrogens is 168 g/mol. The second-order valence-corrected chi connectivity index (χ2v) is 5.22. The van der Waals surface area contributed by atoms with Crippen LogP contribution in [0.5, 0.6) is 0 Å². The van der Waals surface area contributed by atoms with E-state index in [1.165, 1.54) is 0 Å². The van der Waals surface area contributed by atoms with E-state index >= 15 is 0 Å². The Balaban J connectivity index is 2.60. The van der Waals surface area contributed by atoms with Gasteiger partial charge in [-0.15, -0.1) is 0 Å². The van der Waals surface area contributed by atoms with Crippen molar-refractivity contribution in [3.05, 3.63) is 0 Å². The highest BCUT2D eigenvalue weighted by molar-refractivity contribution is 7.95. The Morgan fingerprint density at radius 1 is 1.00 bits per heavy atom. The van der Waals surface area contributed by atoms with Crippen molar-refractivity contribution in [2.24, 2.45) is 0 Å². The van der Waals surface area contributed by atoms with Crippen LogP contribution in [0.25, 0.3) is 0 Å². The maximum Gasteiger partial charge on any atom is 0.171 e. The summed E-state index contributed by atoms with van der Waals surface area (Å²) in [4.78, 5) is 21.7. The first-order chi connectivity index (χ1) is 5.03. The van der Waals surface area contributed by atoms with Crippen molar-refractivity contribution in [2.45, 2.75) is 23.3 Å². The van der Waals surface area contributed by atoms with Gasteiger partial charge in [-0.25, -0.2) is 8.42 Å². The Morgan fingerprint density at radius 2 is 1.36 bits per heavy atom. The standard InChI is InChI=1S/C6H6O4S/c7-3-1-5-4(8)2-6(3)11(5,9)10/h5-6H,1-2H2. The summed E-state index contributed by atoms with van der Waals surface area (Å²) in [7, 11) is -3.39. The van der Waals surface area contributed by atoms with Crippen LogP contribution in [0.2, 0.25) is 0 Å². The van der Waals surface area contributed by atoms with E-state index in [4.69, 9.17) is 0 Å². The lowest BCUT2D eigenvalue weighted by atomic mass is 9.98. The third-order valence-electron chi connectivity index (χ3n) is 2.28. The summed E-state index contributed by atoms with van der Waals surface area (Å²) in [5.74, 6) is -0.566. The third kappa shape index (κ3) is 0.663. The zero-order valence-electron chi connectivity index (χ0n) is 5.61. The lowest BCUT2D eigenvalue weighted by Gasteiger charge is -2.00. The number of sulfone groups is 1. The fourth-order valence-electron chi connectivity index (χ4n) is 1.65. The van der Waals surface area contributed by atoms with Crippen molar-refractivity contribution in [3.8, 4) is 0 Å². The molecule has 2 unspecified atom stereocenters. The van der Waals surface area contributed by atoms with Crippen LogP contribution in [-0.4, -0.2) is 30.5 Å². The number of hydrogen-bond acceptors (Lipinski definition) is 4. The monoisotopic (exact) mass is 174 g/mol. The average molecular weight is 174 g/mol. The summed E-state index contributed by atoms with van der Waals surface area (Å²) in [5.41, 5.74) is 0. The van der Waals surface area contributed by atoms with Gasteiger partial charge in [0, 0.05) is 12.8 Å². The van der Waals surface area contributed by atoms with E-state index in [-0.39, 0.29) is 24.4 Å². The molecule has 0 aromatic rings. The summed E-state index contributed by atoms with van der Waals surface area (Å²) in [6.07, 6.45) is -0.155. The molecule has 0 aromatic carbocycles. The third-order valence-corrected chi connectivity index (χ3v) is 4.73. The lowest BCUT2D eigenvalue weighted by Crippen LogP contribution is -2.22. The predicted octanol–water partition coefficient (Wildman–Crippen LogP) is -0.916. The van der Waals surface area contributed by atoms with Gasteiger partial charge in [-0.05, 0) is 0 Å². The van der Waals surface area contributed by atoms with Gasteiger partial charge in [-0.3, -0.25) is 9.59 Å². The largest absolute Gasteiger partial charge is 0.298 e. The van der Waals surface area contributed by atoms with Crippen molar-refractivity contribution in [1.29, 1.82) is 0 Å². The first-order valence-electron chi connectivity index (χ1n) is 3.31. The number of rotatable bonds is 0. The second kappa shape index (κ2) is 1.72. The van der Waals surface area contributed by atoms with Crippen LogP contribution in [0.15, 0.2) is 0 Å². The van der Waals surface area contributed by atoms with Gasteiger partial charge < -0.3 is 0 Å². The molecule has 0 aromatic heterocycles. The second-order valence-electron chi connectivity index (χ2n) is 2.91. The molecule has 2 bridgehead atoms. The molecule has 11 heavy (non-hydrogen) atoms. The van der Waals surface area contributed by atoms with Gasteiger partial charge in [0.25, 0.3) is 0 Å². The summed E-state index contributed by atoms with van der Waals surface area (Å²) in [6, 6.07) is 0. The minimum absolute atomic E-state index is 0.0775. The Morgan fingerprint density at radius 3 is 1.55 bits per heavy atom. The number of carbonyl (C=O) groups excluding carboxylic acids is 2. The molecule has 0 amide bonds. The molecule has 60 valence electrons. The molecule has 4 nitrogen and oxygen atoms in total. The van der Waals surface area contributed by atoms with E-state index in [1.54, 1.807) is 0 Å². The SMILES string of the molecule is O=C1CC2C(=O)CC1S2(=O)=O. The molecule has 0 saturated carbocycles. The number of carbonyl (C=O) groups is 2. The normalized spacial score (nSPS) is 40.0. The molecule has 2 aliphatic rings. The van der Waals surface area contributed by atoms with Crippen LogP contribution >= 0.6 is 0 Å². The van der Waals surface area contributed by atoms with Crippen LogP contribution in [0.4, 0.5) is 0 Å². The van der Waals surface area contributed by atoms with E-state index in [0.717, 1.165) is 0 Å². The van der Waals surface area contributed by atoms with E-state index < -0.39 is 20.3 Å². The van der Waals surface area contributed by atoms with Crippen LogP contribution < -0.4 is 0 Å². The van der Waals surface area contributed by atoms with Gasteiger partial charge in [-0.2, -0.15) is 0 Å². The molecule has 0 aliphatic carbocycles. The highest BCUT2D eigenvalue weighted by Gasteiger charge is 2.57.